The van der Waals surface area contributed by atoms with E-state index in [4.69, 9.17) is 0 Å². The second kappa shape index (κ2) is 3.59. The summed E-state index contributed by atoms with van der Waals surface area (Å²) in [7, 11) is 1.15. The molecular weight excluding hydrogens is 184 g/mol. The molecule has 0 bridgehead atoms. The Morgan fingerprint density at radius 1 is 1.64 bits per heavy atom. The third kappa shape index (κ3) is 2.09. The molecule has 6 heteroatoms. The second-order valence-electron chi connectivity index (χ2n) is 1.70. The van der Waals surface area contributed by atoms with E-state index in [-0.39, 0.29) is 5.69 Å². The van der Waals surface area contributed by atoms with E-state index < -0.39 is 4.92 Å². The van der Waals surface area contributed by atoms with E-state index in [2.05, 4.69) is 16.6 Å². The van der Waals surface area contributed by atoms with Gasteiger partial charge in [-0.2, -0.15) is 0 Å². The average Bonchev–Trinajstić information content (AvgIpc) is 2.05. The van der Waals surface area contributed by atoms with E-state index in [1.165, 1.54) is 12.3 Å². The molecule has 1 rings (SSSR count). The summed E-state index contributed by atoms with van der Waals surface area (Å²) in [4.78, 5) is 13.4. The van der Waals surface area contributed by atoms with Crippen LogP contribution in [0.1, 0.15) is 0 Å². The molecule has 0 aromatic carbocycles. The predicted octanol–water partition coefficient (Wildman–Crippen LogP) is 1.93. The van der Waals surface area contributed by atoms with E-state index in [1.54, 1.807) is 6.07 Å². The Hall–Kier alpha value is -0.750. The lowest BCUT2D eigenvalue weighted by Crippen LogP contribution is -1.88. The van der Waals surface area contributed by atoms with Gasteiger partial charge in [-0.3, -0.25) is 10.1 Å². The van der Waals surface area contributed by atoms with Gasteiger partial charge < -0.3 is 0 Å². The second-order valence-corrected chi connectivity index (χ2v) is 2.85. The normalized spacial score (nSPS) is 9.55. The van der Waals surface area contributed by atoms with Crippen LogP contribution in [0.2, 0.25) is 0 Å². The monoisotopic (exact) mass is 188 g/mol. The van der Waals surface area contributed by atoms with Gasteiger partial charge in [0.2, 0.25) is 0 Å². The minimum Gasteiger partial charge on any atom is -0.258 e. The lowest BCUT2D eigenvalue weighted by atomic mass is 10.4. The molecule has 1 aromatic heterocycles. The summed E-state index contributed by atoms with van der Waals surface area (Å²) in [5.74, 6) is 0. The first kappa shape index (κ1) is 8.35. The number of hydrogen-bond acceptors (Lipinski definition) is 5. The topological polar surface area (TPSA) is 56.0 Å². The van der Waals surface area contributed by atoms with Crippen LogP contribution in [-0.2, 0) is 0 Å². The van der Waals surface area contributed by atoms with Gasteiger partial charge in [0.1, 0.15) is 11.2 Å². The Kier molecular flexibility index (Phi) is 2.72. The van der Waals surface area contributed by atoms with Crippen LogP contribution in [0, 0.1) is 10.1 Å². The average molecular weight is 188 g/mol. The van der Waals surface area contributed by atoms with Crippen molar-refractivity contribution >= 4 is 28.1 Å². The fourth-order valence-corrected chi connectivity index (χ4v) is 1.09. The first-order chi connectivity index (χ1) is 5.24. The summed E-state index contributed by atoms with van der Waals surface area (Å²) in [6.07, 6.45) is 1.21. The molecule has 0 radical (unpaired) electrons. The number of hydrogen-bond donors (Lipinski definition) is 1. The molecular formula is C5H4N2O2S2. The lowest BCUT2D eigenvalue weighted by molar-refractivity contribution is -0.385. The van der Waals surface area contributed by atoms with Crippen molar-refractivity contribution < 1.29 is 4.92 Å². The Labute approximate surface area is 72.0 Å². The molecule has 58 valence electrons. The largest absolute Gasteiger partial charge is 0.287 e. The molecule has 0 saturated carbocycles. The Balaban J connectivity index is 2.91. The van der Waals surface area contributed by atoms with Gasteiger partial charge in [0.05, 0.1) is 4.92 Å². The molecule has 0 atom stereocenters. The third-order valence-corrected chi connectivity index (χ3v) is 2.01. The first-order valence-corrected chi connectivity index (χ1v) is 4.53. The Morgan fingerprint density at radius 3 is 2.73 bits per heavy atom. The molecule has 0 fully saturated rings. The Morgan fingerprint density at radius 2 is 2.36 bits per heavy atom. The standard InChI is InChI=1S/C5H4N2O2S2/c8-7(9)4-1-2-5(11-10)6-3-4/h1-3,10H. The van der Waals surface area contributed by atoms with Gasteiger partial charge in [0.15, 0.2) is 0 Å². The molecule has 0 aliphatic rings. The van der Waals surface area contributed by atoms with E-state index in [1.807, 2.05) is 0 Å². The summed E-state index contributed by atoms with van der Waals surface area (Å²) in [6, 6.07) is 2.95. The van der Waals surface area contributed by atoms with Crippen molar-refractivity contribution in [2.75, 3.05) is 0 Å². The van der Waals surface area contributed by atoms with Crippen molar-refractivity contribution in [3.8, 4) is 0 Å². The van der Waals surface area contributed by atoms with Crippen LogP contribution >= 0.6 is 22.5 Å². The zero-order valence-electron chi connectivity index (χ0n) is 5.30. The summed E-state index contributed by atoms with van der Waals surface area (Å²) < 4.78 is 0. The number of thiol groups is 1. The molecule has 1 heterocycles. The van der Waals surface area contributed by atoms with Crippen molar-refractivity contribution in [1.82, 2.24) is 4.98 Å². The highest BCUT2D eigenvalue weighted by Gasteiger charge is 2.03. The lowest BCUT2D eigenvalue weighted by Gasteiger charge is -1.91. The van der Waals surface area contributed by atoms with Gasteiger partial charge in [0, 0.05) is 6.07 Å². The van der Waals surface area contributed by atoms with E-state index in [9.17, 15) is 10.1 Å². The Bertz CT molecular complexity index is 262. The SMILES string of the molecule is O=[N+]([O-])c1ccc(SS)nc1. The fourth-order valence-electron chi connectivity index (χ4n) is 0.534. The molecule has 0 aliphatic carbocycles. The van der Waals surface area contributed by atoms with Crippen molar-refractivity contribution in [3.63, 3.8) is 0 Å². The van der Waals surface area contributed by atoms with E-state index in [0.717, 1.165) is 10.8 Å². The van der Waals surface area contributed by atoms with E-state index >= 15 is 0 Å². The van der Waals surface area contributed by atoms with Crippen LogP contribution in [-0.4, -0.2) is 9.91 Å². The fraction of sp³-hybridized carbons (Fsp3) is 0. The van der Waals surface area contributed by atoms with Crippen LogP contribution in [0.15, 0.2) is 23.4 Å². The van der Waals surface area contributed by atoms with Crippen LogP contribution in [0.4, 0.5) is 5.69 Å². The first-order valence-electron chi connectivity index (χ1n) is 2.66. The minimum absolute atomic E-state index is 0.00358. The van der Waals surface area contributed by atoms with Crippen molar-refractivity contribution in [2.24, 2.45) is 0 Å². The maximum Gasteiger partial charge on any atom is 0.287 e. The molecule has 1 aromatic rings. The van der Waals surface area contributed by atoms with Crippen LogP contribution in [0.25, 0.3) is 0 Å². The molecule has 0 aliphatic heterocycles. The van der Waals surface area contributed by atoms with Gasteiger partial charge in [-0.1, -0.05) is 0 Å². The summed E-state index contributed by atoms with van der Waals surface area (Å²) in [5.41, 5.74) is -0.00358. The van der Waals surface area contributed by atoms with Gasteiger partial charge in [0.25, 0.3) is 5.69 Å². The molecule has 0 spiro atoms. The quantitative estimate of drug-likeness (QED) is 0.333. The third-order valence-electron chi connectivity index (χ3n) is 1.03. The highest BCUT2D eigenvalue weighted by atomic mass is 33.1. The van der Waals surface area contributed by atoms with Crippen molar-refractivity contribution in [2.45, 2.75) is 5.03 Å². The highest BCUT2D eigenvalue weighted by Crippen LogP contribution is 2.20. The number of pyridine rings is 1. The maximum absolute atomic E-state index is 10.1. The number of aromatic nitrogens is 1. The molecule has 0 saturated heterocycles. The van der Waals surface area contributed by atoms with Crippen LogP contribution in [0.3, 0.4) is 0 Å². The van der Waals surface area contributed by atoms with Crippen LogP contribution in [0.5, 0.6) is 0 Å². The highest BCUT2D eigenvalue weighted by molar-refractivity contribution is 8.68. The summed E-state index contributed by atoms with van der Waals surface area (Å²) >= 11 is 3.88. The number of nitrogens with zero attached hydrogens (tertiary/aromatic N) is 2. The number of nitro groups is 1. The van der Waals surface area contributed by atoms with Crippen LogP contribution < -0.4 is 0 Å². The minimum atomic E-state index is -0.486. The molecule has 0 amide bonds. The zero-order chi connectivity index (χ0) is 8.27. The van der Waals surface area contributed by atoms with E-state index in [0.29, 0.717) is 5.03 Å². The molecule has 0 N–H and O–H groups in total. The summed E-state index contributed by atoms with van der Waals surface area (Å²) in [5, 5.41) is 10.8. The van der Waals surface area contributed by atoms with Gasteiger partial charge in [-0.05, 0) is 16.9 Å². The predicted molar refractivity (Wildman–Crippen MR) is 45.7 cm³/mol. The van der Waals surface area contributed by atoms with Gasteiger partial charge in [-0.25, -0.2) is 4.98 Å². The number of rotatable bonds is 2. The smallest absolute Gasteiger partial charge is 0.258 e. The molecule has 4 nitrogen and oxygen atoms in total. The van der Waals surface area contributed by atoms with Crippen molar-refractivity contribution in [1.29, 1.82) is 0 Å². The summed E-state index contributed by atoms with van der Waals surface area (Å²) in [6.45, 7) is 0. The molecule has 0 unspecified atom stereocenters. The van der Waals surface area contributed by atoms with Gasteiger partial charge in [-0.15, -0.1) is 11.7 Å². The zero-order valence-corrected chi connectivity index (χ0v) is 7.01. The molecule has 11 heavy (non-hydrogen) atoms. The maximum atomic E-state index is 10.1. The van der Waals surface area contributed by atoms with Gasteiger partial charge >= 0.3 is 0 Å². The van der Waals surface area contributed by atoms with Crippen molar-refractivity contribution in [3.05, 3.63) is 28.4 Å².